The van der Waals surface area contributed by atoms with Gasteiger partial charge in [0.25, 0.3) is 0 Å². The molecule has 0 aromatic heterocycles. The molecule has 6 rings (SSSR count). The van der Waals surface area contributed by atoms with Crippen molar-refractivity contribution in [1.82, 2.24) is 0 Å². The molecule has 3 aliphatic carbocycles. The Kier molecular flexibility index (Phi) is 3.63. The third-order valence-corrected chi connectivity index (χ3v) is 10.1. The van der Waals surface area contributed by atoms with Gasteiger partial charge in [0, 0.05) is 0 Å². The highest BCUT2D eigenvalue weighted by molar-refractivity contribution is 6.66. The molecule has 0 spiro atoms. The Morgan fingerprint density at radius 1 is 0.429 bits per heavy atom. The van der Waals surface area contributed by atoms with Gasteiger partial charge >= 0.3 is 0 Å². The molecule has 0 amide bonds. The van der Waals surface area contributed by atoms with Crippen molar-refractivity contribution in [3.8, 4) is 0 Å². The highest BCUT2D eigenvalue weighted by atomic mass is 28.3. The van der Waals surface area contributed by atoms with Crippen molar-refractivity contribution in [2.75, 3.05) is 0 Å². The number of allylic oxidation sites excluding steroid dienone is 3. The van der Waals surface area contributed by atoms with Crippen molar-refractivity contribution in [3.05, 3.63) is 124 Å². The summed E-state index contributed by atoms with van der Waals surface area (Å²) in [6.45, 7) is 0. The van der Waals surface area contributed by atoms with Crippen LogP contribution in [-0.2, 0) is 0 Å². The first-order valence-corrected chi connectivity index (χ1v) is 11.8. The van der Waals surface area contributed by atoms with E-state index in [-0.39, 0.29) is 0 Å². The van der Waals surface area contributed by atoms with E-state index in [0.717, 1.165) is 0 Å². The van der Waals surface area contributed by atoms with Gasteiger partial charge in [0.1, 0.15) is 0 Å². The van der Waals surface area contributed by atoms with Gasteiger partial charge in [0.15, 0.2) is 0 Å². The normalized spacial score (nSPS) is 23.2. The zero-order valence-electron chi connectivity index (χ0n) is 15.6. The highest BCUT2D eigenvalue weighted by Crippen LogP contribution is 2.48. The Hall–Kier alpha value is -2.90. The van der Waals surface area contributed by atoms with Crippen LogP contribution >= 0.6 is 0 Å². The molecule has 3 atom stereocenters. The summed E-state index contributed by atoms with van der Waals surface area (Å²) in [7, 11) is -0.874. The highest BCUT2D eigenvalue weighted by Gasteiger charge is 2.42. The fourth-order valence-electron chi connectivity index (χ4n) is 5.20. The molecule has 0 fully saturated rings. The molecule has 1 heteroatoms. The summed E-state index contributed by atoms with van der Waals surface area (Å²) in [6, 6.07) is 26.9. The number of fused-ring (bicyclic) bond motifs is 3. The molecular weight excluding hydrogens is 352 g/mol. The number of hydrogen-bond acceptors (Lipinski definition) is 0. The first-order chi connectivity index (χ1) is 13.9. The first kappa shape index (κ1) is 16.1. The summed E-state index contributed by atoms with van der Waals surface area (Å²) < 4.78 is 0. The van der Waals surface area contributed by atoms with Gasteiger partial charge < -0.3 is 0 Å². The molecule has 3 aromatic carbocycles. The van der Waals surface area contributed by atoms with Crippen molar-refractivity contribution in [2.45, 2.75) is 16.6 Å². The fraction of sp³-hybridized carbons (Fsp3) is 0.111. The van der Waals surface area contributed by atoms with E-state index in [2.05, 4.69) is 109 Å². The predicted octanol–water partition coefficient (Wildman–Crippen LogP) is 6.53. The molecular formula is C27H21Si. The van der Waals surface area contributed by atoms with Crippen LogP contribution in [0.1, 0.15) is 50.0 Å². The third-order valence-electron chi connectivity index (χ3n) is 6.48. The number of hydrogen-bond donors (Lipinski definition) is 0. The van der Waals surface area contributed by atoms with Crippen molar-refractivity contribution < 1.29 is 0 Å². The second-order valence-corrected chi connectivity index (χ2v) is 10.8. The van der Waals surface area contributed by atoms with Crippen LogP contribution in [0.5, 0.6) is 0 Å². The van der Waals surface area contributed by atoms with Crippen LogP contribution in [0, 0.1) is 0 Å². The molecule has 133 valence electrons. The van der Waals surface area contributed by atoms with Gasteiger partial charge in [-0.1, -0.05) is 109 Å². The molecule has 3 aliphatic rings. The molecule has 0 nitrogen and oxygen atoms in total. The van der Waals surface area contributed by atoms with Gasteiger partial charge in [0.05, 0.1) is 8.80 Å². The molecule has 0 saturated heterocycles. The molecule has 3 aromatic rings. The van der Waals surface area contributed by atoms with Crippen LogP contribution in [0.4, 0.5) is 0 Å². The minimum atomic E-state index is -0.874. The monoisotopic (exact) mass is 373 g/mol. The average molecular weight is 374 g/mol. The fourth-order valence-corrected chi connectivity index (χ4v) is 9.18. The Bertz CT molecular complexity index is 1000. The van der Waals surface area contributed by atoms with Crippen LogP contribution in [0.2, 0.25) is 0 Å². The molecule has 0 bridgehead atoms. The van der Waals surface area contributed by atoms with Crippen LogP contribution in [-0.4, -0.2) is 8.80 Å². The van der Waals surface area contributed by atoms with E-state index in [0.29, 0.717) is 16.6 Å². The number of benzene rings is 3. The van der Waals surface area contributed by atoms with Crippen LogP contribution in [0.3, 0.4) is 0 Å². The summed E-state index contributed by atoms with van der Waals surface area (Å²) in [5, 5.41) is 0. The van der Waals surface area contributed by atoms with Gasteiger partial charge in [-0.2, -0.15) is 0 Å². The lowest BCUT2D eigenvalue weighted by atomic mass is 10.1. The lowest BCUT2D eigenvalue weighted by Crippen LogP contribution is -2.35. The average Bonchev–Trinajstić information content (AvgIpc) is 3.47. The summed E-state index contributed by atoms with van der Waals surface area (Å²) in [6.07, 6.45) is 14.5. The topological polar surface area (TPSA) is 0 Å². The second-order valence-electron chi connectivity index (χ2n) is 7.90. The molecule has 0 heterocycles. The van der Waals surface area contributed by atoms with Gasteiger partial charge in [-0.25, -0.2) is 0 Å². The molecule has 0 aliphatic heterocycles. The maximum Gasteiger partial charge on any atom is 0.0867 e. The Morgan fingerprint density at radius 3 is 1.11 bits per heavy atom. The molecule has 28 heavy (non-hydrogen) atoms. The van der Waals surface area contributed by atoms with Crippen molar-refractivity contribution in [1.29, 1.82) is 0 Å². The van der Waals surface area contributed by atoms with Crippen molar-refractivity contribution in [2.24, 2.45) is 0 Å². The van der Waals surface area contributed by atoms with E-state index < -0.39 is 8.80 Å². The van der Waals surface area contributed by atoms with E-state index >= 15 is 0 Å². The van der Waals surface area contributed by atoms with E-state index in [9.17, 15) is 0 Å². The third kappa shape index (κ3) is 2.36. The Labute approximate surface area is 168 Å². The standard InChI is InChI=1S/C27H21Si/c1-4-10-22-19(7-1)13-16-25(22)28(26-17-14-20-8-2-5-11-23(20)26)27-18-15-21-9-3-6-12-24(21)27/h1-18,25-27H/t25-,26-,27+/m1/s1. The number of rotatable bonds is 3. The Balaban J connectivity index is 1.51. The molecule has 0 N–H and O–H groups in total. The quantitative estimate of drug-likeness (QED) is 0.458. The minimum Gasteiger partial charge on any atom is -0.0793 e. The van der Waals surface area contributed by atoms with E-state index in [1.54, 1.807) is 0 Å². The molecule has 0 unspecified atom stereocenters. The smallest absolute Gasteiger partial charge is 0.0793 e. The largest absolute Gasteiger partial charge is 0.0867 e. The summed E-state index contributed by atoms with van der Waals surface area (Å²) in [4.78, 5) is 0. The molecule has 1 radical (unpaired) electrons. The van der Waals surface area contributed by atoms with Crippen LogP contribution in [0.25, 0.3) is 18.2 Å². The summed E-state index contributed by atoms with van der Waals surface area (Å²) in [5.74, 6) is 0. The second kappa shape index (κ2) is 6.32. The van der Waals surface area contributed by atoms with Gasteiger partial charge in [-0.3, -0.25) is 0 Å². The zero-order valence-corrected chi connectivity index (χ0v) is 16.6. The zero-order chi connectivity index (χ0) is 18.5. The first-order valence-electron chi connectivity index (χ1n) is 10.1. The molecule has 0 saturated carbocycles. The van der Waals surface area contributed by atoms with Gasteiger partial charge in [-0.05, 0) is 50.0 Å². The van der Waals surface area contributed by atoms with E-state index in [1.807, 2.05) is 0 Å². The Morgan fingerprint density at radius 2 is 0.750 bits per heavy atom. The van der Waals surface area contributed by atoms with E-state index in [4.69, 9.17) is 0 Å². The van der Waals surface area contributed by atoms with E-state index in [1.165, 1.54) is 33.4 Å². The van der Waals surface area contributed by atoms with Crippen LogP contribution in [0.15, 0.2) is 91.0 Å². The lowest BCUT2D eigenvalue weighted by molar-refractivity contribution is 1.01. The lowest BCUT2D eigenvalue weighted by Gasteiger charge is -2.32. The predicted molar refractivity (Wildman–Crippen MR) is 120 cm³/mol. The maximum atomic E-state index is 2.49. The van der Waals surface area contributed by atoms with Gasteiger partial charge in [0.2, 0.25) is 0 Å². The van der Waals surface area contributed by atoms with Gasteiger partial charge in [-0.15, -0.1) is 0 Å². The maximum absolute atomic E-state index is 2.49. The van der Waals surface area contributed by atoms with Crippen LogP contribution < -0.4 is 0 Å². The summed E-state index contributed by atoms with van der Waals surface area (Å²) >= 11 is 0. The van der Waals surface area contributed by atoms with Crippen molar-refractivity contribution >= 4 is 27.0 Å². The minimum absolute atomic E-state index is 0.530. The van der Waals surface area contributed by atoms with Crippen molar-refractivity contribution in [3.63, 3.8) is 0 Å². The summed E-state index contributed by atoms with van der Waals surface area (Å²) in [5.41, 5.74) is 10.4. The SMILES string of the molecule is C1=C[C@@H]([Si]([C@@H]2C=Cc3ccccc32)[C@H]2C=Cc3ccccc32)c2ccccc21.